The summed E-state index contributed by atoms with van der Waals surface area (Å²) in [5, 5.41) is 15.9. The Morgan fingerprint density at radius 2 is 1.95 bits per heavy atom. The summed E-state index contributed by atoms with van der Waals surface area (Å²) >= 11 is 2.82. The second-order valence-electron chi connectivity index (χ2n) is 12.3. The van der Waals surface area contributed by atoms with Gasteiger partial charge in [0.25, 0.3) is 5.91 Å². The third-order valence-electron chi connectivity index (χ3n) is 8.38. The van der Waals surface area contributed by atoms with Crippen LogP contribution in [0.2, 0.25) is 0 Å². The lowest BCUT2D eigenvalue weighted by atomic mass is 9.72. The first kappa shape index (κ1) is 31.3. The molecule has 10 nitrogen and oxygen atoms in total. The molecule has 1 fully saturated rings. The van der Waals surface area contributed by atoms with E-state index in [9.17, 15) is 14.4 Å². The normalized spacial score (nSPS) is 17.3. The van der Waals surface area contributed by atoms with Crippen LogP contribution in [0, 0.1) is 11.3 Å². The summed E-state index contributed by atoms with van der Waals surface area (Å²) in [7, 11) is 0. The highest BCUT2D eigenvalue weighted by molar-refractivity contribution is 7.99. The van der Waals surface area contributed by atoms with Gasteiger partial charge in [0.2, 0.25) is 5.91 Å². The molecule has 43 heavy (non-hydrogen) atoms. The number of amides is 2. The number of furan rings is 1. The van der Waals surface area contributed by atoms with Gasteiger partial charge in [-0.05, 0) is 68.1 Å². The van der Waals surface area contributed by atoms with E-state index in [0.29, 0.717) is 27.5 Å². The lowest BCUT2D eigenvalue weighted by Gasteiger charge is -2.33. The number of carbonyl (C=O) groups excluding carboxylic acids is 3. The molecule has 0 saturated heterocycles. The van der Waals surface area contributed by atoms with Gasteiger partial charge in [-0.2, -0.15) is 0 Å². The molecule has 3 aromatic heterocycles. The average Bonchev–Trinajstić information content (AvgIpc) is 3.73. The first-order valence-electron chi connectivity index (χ1n) is 15.2. The minimum Gasteiger partial charge on any atom is -0.462 e. The third kappa shape index (κ3) is 7.34. The SMILES string of the molecule is CCOC(=O)c1c(NC(=O)CSc2nnc(CNC(=O)c3ccco3)n2C2CCCCC2)sc2c1CCC(C(C)(C)C)C2. The third-order valence-corrected chi connectivity index (χ3v) is 10.5. The van der Waals surface area contributed by atoms with Gasteiger partial charge in [-0.1, -0.05) is 51.8 Å². The number of esters is 1. The molecule has 2 aliphatic rings. The maximum atomic E-state index is 13.3. The van der Waals surface area contributed by atoms with E-state index in [1.165, 1.54) is 35.8 Å². The van der Waals surface area contributed by atoms with Crippen LogP contribution in [0.25, 0.3) is 0 Å². The van der Waals surface area contributed by atoms with Crippen molar-refractivity contribution in [2.45, 2.75) is 96.8 Å². The Kier molecular flexibility index (Phi) is 9.95. The topological polar surface area (TPSA) is 128 Å². The van der Waals surface area contributed by atoms with Gasteiger partial charge in [0.05, 0.1) is 30.7 Å². The van der Waals surface area contributed by atoms with Crippen LogP contribution < -0.4 is 10.6 Å². The number of ether oxygens (including phenoxy) is 1. The maximum absolute atomic E-state index is 13.3. The molecule has 0 radical (unpaired) electrons. The first-order chi connectivity index (χ1) is 20.7. The quantitative estimate of drug-likeness (QED) is 0.195. The van der Waals surface area contributed by atoms with Crippen LogP contribution in [0.5, 0.6) is 0 Å². The van der Waals surface area contributed by atoms with Gasteiger partial charge in [-0.15, -0.1) is 21.5 Å². The number of aromatic nitrogens is 3. The smallest absolute Gasteiger partial charge is 0.341 e. The van der Waals surface area contributed by atoms with Crippen molar-refractivity contribution in [3.63, 3.8) is 0 Å². The number of hydrogen-bond acceptors (Lipinski definition) is 9. The minimum atomic E-state index is -0.379. The number of nitrogens with one attached hydrogen (secondary N) is 2. The zero-order chi connectivity index (χ0) is 30.6. The molecular weight excluding hydrogens is 587 g/mol. The molecule has 3 aromatic rings. The van der Waals surface area contributed by atoms with Crippen molar-refractivity contribution >= 4 is 45.9 Å². The number of thioether (sulfide) groups is 1. The molecule has 0 spiro atoms. The van der Waals surface area contributed by atoms with Crippen molar-refractivity contribution in [1.29, 1.82) is 0 Å². The highest BCUT2D eigenvalue weighted by Gasteiger charge is 2.34. The number of hydrogen-bond donors (Lipinski definition) is 2. The van der Waals surface area contributed by atoms with Crippen LogP contribution in [0.3, 0.4) is 0 Å². The largest absolute Gasteiger partial charge is 0.462 e. The van der Waals surface area contributed by atoms with Crippen LogP contribution in [0.4, 0.5) is 5.00 Å². The average molecular weight is 628 g/mol. The zero-order valence-electron chi connectivity index (χ0n) is 25.4. The molecule has 3 heterocycles. The Morgan fingerprint density at radius 3 is 2.65 bits per heavy atom. The van der Waals surface area contributed by atoms with Crippen LogP contribution in [-0.4, -0.2) is 44.9 Å². The predicted molar refractivity (Wildman–Crippen MR) is 167 cm³/mol. The molecule has 2 aliphatic carbocycles. The highest BCUT2D eigenvalue weighted by atomic mass is 32.2. The number of nitrogens with zero attached hydrogens (tertiary/aromatic N) is 3. The Hall–Kier alpha value is -3.12. The Balaban J connectivity index is 1.30. The minimum absolute atomic E-state index is 0.110. The van der Waals surface area contributed by atoms with Crippen molar-refractivity contribution in [2.75, 3.05) is 17.7 Å². The number of anilines is 1. The molecular formula is C31H41N5O5S2. The van der Waals surface area contributed by atoms with Crippen molar-refractivity contribution < 1.29 is 23.5 Å². The van der Waals surface area contributed by atoms with Gasteiger partial charge in [0.15, 0.2) is 16.7 Å². The molecule has 232 valence electrons. The molecule has 5 rings (SSSR count). The van der Waals surface area contributed by atoms with E-state index in [0.717, 1.165) is 55.4 Å². The van der Waals surface area contributed by atoms with Crippen LogP contribution in [0.1, 0.15) is 109 Å². The molecule has 12 heteroatoms. The number of fused-ring (bicyclic) bond motifs is 1. The molecule has 1 atom stereocenters. The van der Waals surface area contributed by atoms with Gasteiger partial charge >= 0.3 is 5.97 Å². The molecule has 0 aromatic carbocycles. The predicted octanol–water partition coefficient (Wildman–Crippen LogP) is 6.43. The standard InChI is InChI=1S/C31H41N5O5S2/c1-5-40-29(39)26-21-14-13-19(31(2,3)4)16-23(21)43-28(26)33-25(37)18-42-30-35-34-24(36(30)20-10-7-6-8-11-20)17-32-27(38)22-12-9-15-41-22/h9,12,15,19-20H,5-8,10-11,13-14,16-18H2,1-4H3,(H,32,38)(H,33,37). The Bertz CT molecular complexity index is 1430. The maximum Gasteiger partial charge on any atom is 0.341 e. The van der Waals surface area contributed by atoms with Crippen molar-refractivity contribution in [2.24, 2.45) is 11.3 Å². The summed E-state index contributed by atoms with van der Waals surface area (Å²) in [6, 6.07) is 3.49. The molecule has 0 bridgehead atoms. The van der Waals surface area contributed by atoms with Crippen LogP contribution in [-0.2, 0) is 28.9 Å². The summed E-state index contributed by atoms with van der Waals surface area (Å²) in [5.74, 6) is 0.598. The Labute approximate surface area is 260 Å². The van der Waals surface area contributed by atoms with E-state index < -0.39 is 0 Å². The summed E-state index contributed by atoms with van der Waals surface area (Å²) < 4.78 is 12.7. The molecule has 0 aliphatic heterocycles. The van der Waals surface area contributed by atoms with Gasteiger partial charge in [0.1, 0.15) is 5.00 Å². The first-order valence-corrected chi connectivity index (χ1v) is 17.0. The molecule has 2 amide bonds. The highest BCUT2D eigenvalue weighted by Crippen LogP contribution is 2.44. The molecule has 1 unspecified atom stereocenters. The van der Waals surface area contributed by atoms with Gasteiger partial charge in [-0.25, -0.2) is 4.79 Å². The lowest BCUT2D eigenvalue weighted by molar-refractivity contribution is -0.113. The summed E-state index contributed by atoms with van der Waals surface area (Å²) in [5.41, 5.74) is 1.69. The van der Waals surface area contributed by atoms with Crippen LogP contribution >= 0.6 is 23.1 Å². The second kappa shape index (κ2) is 13.7. The van der Waals surface area contributed by atoms with E-state index >= 15 is 0 Å². The second-order valence-corrected chi connectivity index (χ2v) is 14.3. The summed E-state index contributed by atoms with van der Waals surface area (Å²) in [6.07, 6.45) is 9.57. The zero-order valence-corrected chi connectivity index (χ0v) is 27.0. The summed E-state index contributed by atoms with van der Waals surface area (Å²) in [6.45, 7) is 9.04. The van der Waals surface area contributed by atoms with Crippen molar-refractivity contribution in [3.8, 4) is 0 Å². The fraction of sp³-hybridized carbons (Fsp3) is 0.581. The molecule has 1 saturated carbocycles. The number of carbonyl (C=O) groups is 3. The monoisotopic (exact) mass is 627 g/mol. The van der Waals surface area contributed by atoms with Gasteiger partial charge in [0, 0.05) is 10.9 Å². The van der Waals surface area contributed by atoms with Crippen molar-refractivity contribution in [3.05, 3.63) is 46.0 Å². The van der Waals surface area contributed by atoms with Crippen molar-refractivity contribution in [1.82, 2.24) is 20.1 Å². The number of thiophene rings is 1. The van der Waals surface area contributed by atoms with E-state index in [4.69, 9.17) is 9.15 Å². The fourth-order valence-electron chi connectivity index (χ4n) is 6.01. The summed E-state index contributed by atoms with van der Waals surface area (Å²) in [4.78, 5) is 39.9. The molecule has 2 N–H and O–H groups in total. The van der Waals surface area contributed by atoms with Crippen LogP contribution in [0.15, 0.2) is 28.0 Å². The van der Waals surface area contributed by atoms with E-state index in [-0.39, 0.29) is 53.9 Å². The van der Waals surface area contributed by atoms with E-state index in [1.54, 1.807) is 19.1 Å². The lowest BCUT2D eigenvalue weighted by Crippen LogP contribution is -2.26. The van der Waals surface area contributed by atoms with Gasteiger partial charge < -0.3 is 24.4 Å². The fourth-order valence-corrected chi connectivity index (χ4v) is 8.17. The Morgan fingerprint density at radius 1 is 1.16 bits per heavy atom. The van der Waals surface area contributed by atoms with E-state index in [2.05, 4.69) is 46.2 Å². The van der Waals surface area contributed by atoms with Gasteiger partial charge in [-0.3, -0.25) is 9.59 Å². The number of rotatable bonds is 10. The van der Waals surface area contributed by atoms with E-state index in [1.807, 2.05) is 0 Å².